The number of nitrogens with zero attached hydrogens (tertiary/aromatic N) is 1. The molecule has 0 bridgehead atoms. The molecule has 1 aromatic heterocycles. The molecule has 1 N–H and O–H groups in total. The second kappa shape index (κ2) is 8.47. The van der Waals surface area contributed by atoms with Crippen LogP contribution < -0.4 is 9.46 Å². The molecule has 1 aliphatic rings. The zero-order chi connectivity index (χ0) is 18.6. The maximum Gasteiger partial charge on any atom is 0.244 e. The van der Waals surface area contributed by atoms with Crippen LogP contribution in [0.3, 0.4) is 0 Å². The van der Waals surface area contributed by atoms with E-state index >= 15 is 0 Å². The van der Waals surface area contributed by atoms with Crippen molar-refractivity contribution < 1.29 is 17.6 Å². The second-order valence-electron chi connectivity index (χ2n) is 6.23. The van der Waals surface area contributed by atoms with E-state index < -0.39 is 10.0 Å². The Morgan fingerprint density at radius 2 is 2.08 bits per heavy atom. The lowest BCUT2D eigenvalue weighted by Crippen LogP contribution is -2.41. The highest BCUT2D eigenvalue weighted by Crippen LogP contribution is 2.27. The fourth-order valence-corrected chi connectivity index (χ4v) is 5.29. The molecule has 0 amide bonds. The first-order valence-corrected chi connectivity index (χ1v) is 11.1. The SMILES string of the molecule is COc1ccc(C)cc1S(=O)(=O)NC[C@@H](c1ccoc1)N1CCSCC1. The fourth-order valence-electron chi connectivity index (χ4n) is 3.07. The molecule has 0 saturated carbocycles. The molecule has 26 heavy (non-hydrogen) atoms. The van der Waals surface area contributed by atoms with E-state index in [0.29, 0.717) is 5.75 Å². The molecule has 6 nitrogen and oxygen atoms in total. The Morgan fingerprint density at radius 3 is 2.73 bits per heavy atom. The van der Waals surface area contributed by atoms with Gasteiger partial charge in [-0.25, -0.2) is 13.1 Å². The predicted octanol–water partition coefficient (Wildman–Crippen LogP) is 2.67. The van der Waals surface area contributed by atoms with Crippen molar-refractivity contribution in [1.82, 2.24) is 9.62 Å². The largest absolute Gasteiger partial charge is 0.495 e. The summed E-state index contributed by atoms with van der Waals surface area (Å²) in [5, 5.41) is 0. The summed E-state index contributed by atoms with van der Waals surface area (Å²) in [6, 6.07) is 6.98. The Balaban J connectivity index is 1.81. The van der Waals surface area contributed by atoms with Crippen molar-refractivity contribution >= 4 is 21.8 Å². The van der Waals surface area contributed by atoms with Crippen molar-refractivity contribution in [3.05, 3.63) is 47.9 Å². The van der Waals surface area contributed by atoms with Gasteiger partial charge in [-0.3, -0.25) is 4.90 Å². The van der Waals surface area contributed by atoms with Gasteiger partial charge in [0.05, 0.1) is 25.7 Å². The van der Waals surface area contributed by atoms with Crippen molar-refractivity contribution in [2.45, 2.75) is 17.9 Å². The Hall–Kier alpha value is -1.48. The number of rotatable bonds is 7. The zero-order valence-corrected chi connectivity index (χ0v) is 16.6. The molecular weight excluding hydrogens is 372 g/mol. The second-order valence-corrected chi connectivity index (χ2v) is 9.19. The predicted molar refractivity (Wildman–Crippen MR) is 103 cm³/mol. The molecule has 2 aromatic rings. The lowest BCUT2D eigenvalue weighted by Gasteiger charge is -2.34. The van der Waals surface area contributed by atoms with E-state index in [1.807, 2.05) is 30.8 Å². The molecule has 1 fully saturated rings. The number of benzene rings is 1. The van der Waals surface area contributed by atoms with Crippen molar-refractivity contribution in [2.24, 2.45) is 0 Å². The summed E-state index contributed by atoms with van der Waals surface area (Å²) in [6.45, 7) is 3.99. The first kappa shape index (κ1) is 19.3. The van der Waals surface area contributed by atoms with Crippen LogP contribution in [0.5, 0.6) is 5.75 Å². The average Bonchev–Trinajstić information content (AvgIpc) is 3.17. The number of aryl methyl sites for hydroxylation is 1. The van der Waals surface area contributed by atoms with Crippen LogP contribution in [-0.4, -0.2) is 51.6 Å². The van der Waals surface area contributed by atoms with Crippen LogP contribution >= 0.6 is 11.8 Å². The van der Waals surface area contributed by atoms with Gasteiger partial charge in [0.25, 0.3) is 0 Å². The van der Waals surface area contributed by atoms with E-state index in [2.05, 4.69) is 9.62 Å². The highest BCUT2D eigenvalue weighted by atomic mass is 32.2. The molecule has 8 heteroatoms. The van der Waals surface area contributed by atoms with E-state index in [1.165, 1.54) is 7.11 Å². The van der Waals surface area contributed by atoms with Gasteiger partial charge >= 0.3 is 0 Å². The van der Waals surface area contributed by atoms with Gasteiger partial charge in [0.2, 0.25) is 10.0 Å². The molecule has 0 unspecified atom stereocenters. The normalized spacial score (nSPS) is 17.2. The van der Waals surface area contributed by atoms with E-state index in [4.69, 9.17) is 9.15 Å². The number of ether oxygens (including phenoxy) is 1. The number of methoxy groups -OCH3 is 1. The molecule has 142 valence electrons. The van der Waals surface area contributed by atoms with Crippen LogP contribution in [-0.2, 0) is 10.0 Å². The third kappa shape index (κ3) is 4.43. The minimum atomic E-state index is -3.69. The van der Waals surface area contributed by atoms with Crippen molar-refractivity contribution in [1.29, 1.82) is 0 Å². The summed E-state index contributed by atoms with van der Waals surface area (Å²) in [7, 11) is -2.21. The quantitative estimate of drug-likeness (QED) is 0.776. The maximum atomic E-state index is 12.9. The Kier molecular flexibility index (Phi) is 6.29. The molecule has 0 spiro atoms. The topological polar surface area (TPSA) is 71.8 Å². The van der Waals surface area contributed by atoms with Gasteiger partial charge in [0.15, 0.2) is 0 Å². The highest BCUT2D eigenvalue weighted by Gasteiger charge is 2.27. The molecule has 1 atom stereocenters. The third-order valence-electron chi connectivity index (χ3n) is 4.49. The van der Waals surface area contributed by atoms with Crippen molar-refractivity contribution in [3.63, 3.8) is 0 Å². The average molecular weight is 397 g/mol. The molecule has 1 saturated heterocycles. The zero-order valence-electron chi connectivity index (χ0n) is 15.0. The summed E-state index contributed by atoms with van der Waals surface area (Å²) in [5.41, 5.74) is 1.85. The summed E-state index contributed by atoms with van der Waals surface area (Å²) in [4.78, 5) is 2.47. The summed E-state index contributed by atoms with van der Waals surface area (Å²) < 4.78 is 39.0. The number of thioether (sulfide) groups is 1. The van der Waals surface area contributed by atoms with Gasteiger partial charge in [-0.1, -0.05) is 6.07 Å². The lowest BCUT2D eigenvalue weighted by molar-refractivity contribution is 0.218. The van der Waals surface area contributed by atoms with Crippen LogP contribution in [0.15, 0.2) is 46.1 Å². The van der Waals surface area contributed by atoms with E-state index in [0.717, 1.165) is 35.7 Å². The van der Waals surface area contributed by atoms with Crippen molar-refractivity contribution in [2.75, 3.05) is 38.2 Å². The van der Waals surface area contributed by atoms with Crippen LogP contribution in [0.25, 0.3) is 0 Å². The monoisotopic (exact) mass is 396 g/mol. The molecular formula is C18H24N2O4S2. The van der Waals surface area contributed by atoms with E-state index in [-0.39, 0.29) is 17.5 Å². The number of nitrogens with one attached hydrogen (secondary N) is 1. The van der Waals surface area contributed by atoms with Gasteiger partial charge in [-0.15, -0.1) is 0 Å². The van der Waals surface area contributed by atoms with Gasteiger partial charge in [-0.05, 0) is 30.7 Å². The van der Waals surface area contributed by atoms with Gasteiger partial charge in [0.1, 0.15) is 10.6 Å². The van der Waals surface area contributed by atoms with Crippen molar-refractivity contribution in [3.8, 4) is 5.75 Å². The molecule has 3 rings (SSSR count). The molecule has 2 heterocycles. The molecule has 1 aliphatic heterocycles. The van der Waals surface area contributed by atoms with Crippen LogP contribution in [0.4, 0.5) is 0 Å². The Morgan fingerprint density at radius 1 is 1.31 bits per heavy atom. The van der Waals surface area contributed by atoms with E-state index in [9.17, 15) is 8.42 Å². The lowest BCUT2D eigenvalue weighted by atomic mass is 10.1. The fraction of sp³-hybridized carbons (Fsp3) is 0.444. The number of hydrogen-bond donors (Lipinski definition) is 1. The van der Waals surface area contributed by atoms with Crippen LogP contribution in [0, 0.1) is 6.92 Å². The van der Waals surface area contributed by atoms with Gasteiger partial charge in [-0.2, -0.15) is 11.8 Å². The first-order chi connectivity index (χ1) is 12.5. The van der Waals surface area contributed by atoms with E-state index in [1.54, 1.807) is 24.7 Å². The van der Waals surface area contributed by atoms with Crippen LogP contribution in [0.1, 0.15) is 17.2 Å². The number of sulfonamides is 1. The minimum Gasteiger partial charge on any atom is -0.495 e. The Labute approximate surface area is 159 Å². The smallest absolute Gasteiger partial charge is 0.244 e. The highest BCUT2D eigenvalue weighted by molar-refractivity contribution is 7.99. The summed E-state index contributed by atoms with van der Waals surface area (Å²) in [5.74, 6) is 2.44. The van der Waals surface area contributed by atoms with Gasteiger partial charge in [0, 0.05) is 36.7 Å². The molecule has 0 radical (unpaired) electrons. The van der Waals surface area contributed by atoms with Gasteiger partial charge < -0.3 is 9.15 Å². The molecule has 0 aliphatic carbocycles. The maximum absolute atomic E-state index is 12.9. The first-order valence-electron chi connectivity index (χ1n) is 8.49. The van der Waals surface area contributed by atoms with Crippen LogP contribution in [0.2, 0.25) is 0 Å². The summed E-state index contributed by atoms with van der Waals surface area (Å²) >= 11 is 1.92. The minimum absolute atomic E-state index is 0.0553. The number of furan rings is 1. The molecule has 1 aromatic carbocycles. The Bertz CT molecular complexity index is 816. The summed E-state index contributed by atoms with van der Waals surface area (Å²) in [6.07, 6.45) is 3.31. The third-order valence-corrected chi connectivity index (χ3v) is 6.88. The number of hydrogen-bond acceptors (Lipinski definition) is 6. The standard InChI is InChI=1S/C18H24N2O4S2/c1-14-3-4-17(23-2)18(11-14)26(21,22)19-12-16(15-5-8-24-13-15)20-6-9-25-10-7-20/h3-5,8,11,13,16,19H,6-7,9-10,12H2,1-2H3/t16-/m0/s1.